The molecule has 100 valence electrons. The predicted octanol–water partition coefficient (Wildman–Crippen LogP) is 0.473. The zero-order valence-electron chi connectivity index (χ0n) is 10.8. The third kappa shape index (κ3) is 4.46. The fourth-order valence-electron chi connectivity index (χ4n) is 1.66. The van der Waals surface area contributed by atoms with Gasteiger partial charge in [-0.1, -0.05) is 0 Å². The first-order valence-electron chi connectivity index (χ1n) is 6.13. The highest BCUT2D eigenvalue weighted by Gasteiger charge is 2.03. The molecule has 0 radical (unpaired) electrons. The molecule has 7 nitrogen and oxygen atoms in total. The minimum atomic E-state index is 0.0105. The molecule has 0 unspecified atom stereocenters. The molecule has 2 aromatic heterocycles. The van der Waals surface area contributed by atoms with E-state index in [1.807, 2.05) is 19.1 Å². The van der Waals surface area contributed by atoms with Crippen LogP contribution in [0.15, 0.2) is 24.7 Å². The Kier molecular flexibility index (Phi) is 4.54. The van der Waals surface area contributed by atoms with Gasteiger partial charge >= 0.3 is 0 Å². The van der Waals surface area contributed by atoms with E-state index in [1.165, 1.54) is 6.33 Å². The Morgan fingerprint density at radius 3 is 3.11 bits per heavy atom. The van der Waals surface area contributed by atoms with E-state index in [-0.39, 0.29) is 5.91 Å². The molecule has 0 aromatic carbocycles. The lowest BCUT2D eigenvalue weighted by Crippen LogP contribution is -2.23. The van der Waals surface area contributed by atoms with Gasteiger partial charge in [0.1, 0.15) is 6.33 Å². The molecule has 19 heavy (non-hydrogen) atoms. The molecule has 2 heterocycles. The molecule has 2 rings (SSSR count). The Balaban J connectivity index is 1.67. The summed E-state index contributed by atoms with van der Waals surface area (Å²) in [6.45, 7) is 3.10. The highest BCUT2D eigenvalue weighted by atomic mass is 16.1. The number of hydrogen-bond donors (Lipinski definition) is 1. The van der Waals surface area contributed by atoms with Crippen molar-refractivity contribution in [2.75, 3.05) is 0 Å². The van der Waals surface area contributed by atoms with Crippen LogP contribution in [0.25, 0.3) is 0 Å². The maximum atomic E-state index is 11.6. The lowest BCUT2D eigenvalue weighted by molar-refractivity contribution is -0.121. The first-order chi connectivity index (χ1) is 9.24. The van der Waals surface area contributed by atoms with Crippen molar-refractivity contribution in [3.8, 4) is 0 Å². The number of carbonyl (C=O) groups is 1. The van der Waals surface area contributed by atoms with E-state index in [1.54, 1.807) is 10.9 Å². The number of amides is 1. The Bertz CT molecular complexity index is 525. The van der Waals surface area contributed by atoms with Crippen LogP contribution in [-0.2, 0) is 17.9 Å². The Hall–Kier alpha value is -2.31. The van der Waals surface area contributed by atoms with E-state index in [0.29, 0.717) is 25.9 Å². The standard InChI is InChI=1S/C12H16N6O/c1-10-4-5-13-11(7-10)8-14-12(19)3-2-6-18-9-15-16-17-18/h4-5,7,9H,2-3,6,8H2,1H3,(H,14,19). The van der Waals surface area contributed by atoms with Crippen LogP contribution >= 0.6 is 0 Å². The quantitative estimate of drug-likeness (QED) is 0.816. The highest BCUT2D eigenvalue weighted by Crippen LogP contribution is 2.00. The first-order valence-corrected chi connectivity index (χ1v) is 6.13. The Labute approximate surface area is 111 Å². The molecule has 0 atom stereocenters. The average molecular weight is 260 g/mol. The van der Waals surface area contributed by atoms with Crippen LogP contribution in [0.4, 0.5) is 0 Å². The van der Waals surface area contributed by atoms with E-state index in [0.717, 1.165) is 11.3 Å². The molecule has 0 spiro atoms. The molecule has 2 aromatic rings. The van der Waals surface area contributed by atoms with Crippen molar-refractivity contribution >= 4 is 5.91 Å². The minimum absolute atomic E-state index is 0.0105. The fraction of sp³-hybridized carbons (Fsp3) is 0.417. The number of tetrazole rings is 1. The first kappa shape index (κ1) is 13.1. The monoisotopic (exact) mass is 260 g/mol. The smallest absolute Gasteiger partial charge is 0.220 e. The van der Waals surface area contributed by atoms with Crippen LogP contribution in [-0.4, -0.2) is 31.1 Å². The number of nitrogens with zero attached hydrogens (tertiary/aromatic N) is 5. The van der Waals surface area contributed by atoms with E-state index in [9.17, 15) is 4.79 Å². The lowest BCUT2D eigenvalue weighted by Gasteiger charge is -2.05. The van der Waals surface area contributed by atoms with Gasteiger partial charge < -0.3 is 5.32 Å². The number of aromatic nitrogens is 5. The third-order valence-electron chi connectivity index (χ3n) is 2.62. The summed E-state index contributed by atoms with van der Waals surface area (Å²) in [5.74, 6) is 0.0105. The molecule has 0 saturated carbocycles. The largest absolute Gasteiger partial charge is 0.350 e. The second-order valence-electron chi connectivity index (χ2n) is 4.28. The SMILES string of the molecule is Cc1ccnc(CNC(=O)CCCn2cnnn2)c1. The van der Waals surface area contributed by atoms with Crippen molar-refractivity contribution in [2.45, 2.75) is 32.9 Å². The molecule has 0 fully saturated rings. The maximum absolute atomic E-state index is 11.6. The van der Waals surface area contributed by atoms with Gasteiger partial charge in [-0.2, -0.15) is 0 Å². The maximum Gasteiger partial charge on any atom is 0.220 e. The number of hydrogen-bond acceptors (Lipinski definition) is 5. The van der Waals surface area contributed by atoms with Gasteiger partial charge in [0, 0.05) is 19.2 Å². The van der Waals surface area contributed by atoms with Crippen LogP contribution in [0.5, 0.6) is 0 Å². The number of rotatable bonds is 6. The third-order valence-corrected chi connectivity index (χ3v) is 2.62. The Morgan fingerprint density at radius 1 is 1.47 bits per heavy atom. The number of carbonyl (C=O) groups excluding carboxylic acids is 1. The van der Waals surface area contributed by atoms with Gasteiger partial charge in [-0.3, -0.25) is 9.78 Å². The van der Waals surface area contributed by atoms with E-state index in [4.69, 9.17) is 0 Å². The summed E-state index contributed by atoms with van der Waals surface area (Å²) in [6.07, 6.45) is 4.44. The summed E-state index contributed by atoms with van der Waals surface area (Å²) < 4.78 is 1.61. The molecule has 1 amide bonds. The molecular weight excluding hydrogens is 244 g/mol. The van der Waals surface area contributed by atoms with Gasteiger partial charge in [-0.25, -0.2) is 4.68 Å². The molecule has 1 N–H and O–H groups in total. The van der Waals surface area contributed by atoms with Crippen LogP contribution in [0.2, 0.25) is 0 Å². The molecule has 0 aliphatic carbocycles. The van der Waals surface area contributed by atoms with Crippen LogP contribution in [0.3, 0.4) is 0 Å². The molecular formula is C12H16N6O. The summed E-state index contributed by atoms with van der Waals surface area (Å²) in [4.78, 5) is 15.8. The molecule has 0 saturated heterocycles. The van der Waals surface area contributed by atoms with Crippen molar-refractivity contribution in [2.24, 2.45) is 0 Å². The van der Waals surface area contributed by atoms with E-state index in [2.05, 4.69) is 25.8 Å². The van der Waals surface area contributed by atoms with Gasteiger partial charge in [0.05, 0.1) is 12.2 Å². The van der Waals surface area contributed by atoms with Crippen LogP contribution < -0.4 is 5.32 Å². The van der Waals surface area contributed by atoms with Gasteiger partial charge in [0.15, 0.2) is 0 Å². The highest BCUT2D eigenvalue weighted by molar-refractivity contribution is 5.75. The normalized spacial score (nSPS) is 10.4. The van der Waals surface area contributed by atoms with Crippen LogP contribution in [0, 0.1) is 6.92 Å². The summed E-state index contributed by atoms with van der Waals surface area (Å²) in [5, 5.41) is 13.6. The average Bonchev–Trinajstić information content (AvgIpc) is 2.90. The minimum Gasteiger partial charge on any atom is -0.350 e. The van der Waals surface area contributed by atoms with Crippen LogP contribution in [0.1, 0.15) is 24.1 Å². The summed E-state index contributed by atoms with van der Waals surface area (Å²) >= 11 is 0. The zero-order chi connectivity index (χ0) is 13.5. The van der Waals surface area contributed by atoms with E-state index < -0.39 is 0 Å². The summed E-state index contributed by atoms with van der Waals surface area (Å²) in [7, 11) is 0. The van der Waals surface area contributed by atoms with Crippen molar-refractivity contribution < 1.29 is 4.79 Å². The van der Waals surface area contributed by atoms with Crippen molar-refractivity contribution in [1.29, 1.82) is 0 Å². The Morgan fingerprint density at radius 2 is 2.37 bits per heavy atom. The van der Waals surface area contributed by atoms with E-state index >= 15 is 0 Å². The van der Waals surface area contributed by atoms with Gasteiger partial charge in [-0.05, 0) is 41.5 Å². The number of pyridine rings is 1. The molecule has 0 aliphatic rings. The summed E-state index contributed by atoms with van der Waals surface area (Å²) in [6, 6.07) is 3.89. The van der Waals surface area contributed by atoms with Gasteiger partial charge in [-0.15, -0.1) is 5.10 Å². The van der Waals surface area contributed by atoms with Crippen molar-refractivity contribution in [3.05, 3.63) is 35.9 Å². The van der Waals surface area contributed by atoms with Gasteiger partial charge in [0.2, 0.25) is 5.91 Å². The van der Waals surface area contributed by atoms with Crippen molar-refractivity contribution in [1.82, 2.24) is 30.5 Å². The fourth-order valence-corrected chi connectivity index (χ4v) is 1.66. The lowest BCUT2D eigenvalue weighted by atomic mass is 10.2. The van der Waals surface area contributed by atoms with Gasteiger partial charge in [0.25, 0.3) is 0 Å². The molecule has 7 heteroatoms. The topological polar surface area (TPSA) is 85.6 Å². The predicted molar refractivity (Wildman–Crippen MR) is 67.9 cm³/mol. The van der Waals surface area contributed by atoms with Crippen molar-refractivity contribution in [3.63, 3.8) is 0 Å². The molecule has 0 aliphatic heterocycles. The number of aryl methyl sites for hydroxylation is 2. The second-order valence-corrected chi connectivity index (χ2v) is 4.28. The number of nitrogens with one attached hydrogen (secondary N) is 1. The zero-order valence-corrected chi connectivity index (χ0v) is 10.8. The second kappa shape index (κ2) is 6.58. The molecule has 0 bridgehead atoms. The summed E-state index contributed by atoms with van der Waals surface area (Å²) in [5.41, 5.74) is 2.01.